The van der Waals surface area contributed by atoms with Crippen molar-refractivity contribution in [2.45, 2.75) is 25.3 Å². The number of halogens is 2. The Morgan fingerprint density at radius 2 is 2.29 bits per heavy atom. The van der Waals surface area contributed by atoms with E-state index in [0.717, 1.165) is 18.5 Å². The van der Waals surface area contributed by atoms with Gasteiger partial charge in [0.2, 0.25) is 0 Å². The van der Waals surface area contributed by atoms with Crippen molar-refractivity contribution < 1.29 is 4.39 Å². The summed E-state index contributed by atoms with van der Waals surface area (Å²) >= 11 is 3.16. The Morgan fingerprint density at radius 1 is 1.50 bits per heavy atom. The normalized spacial score (nSPS) is 26.8. The van der Waals surface area contributed by atoms with Crippen LogP contribution in [-0.4, -0.2) is 12.6 Å². The Hall–Kier alpha value is -0.410. The minimum absolute atomic E-state index is 0.165. The maximum absolute atomic E-state index is 13.3. The maximum atomic E-state index is 13.3. The lowest BCUT2D eigenvalue weighted by molar-refractivity contribution is 0.613. The van der Waals surface area contributed by atoms with E-state index in [1.165, 1.54) is 0 Å². The summed E-state index contributed by atoms with van der Waals surface area (Å²) in [5, 5.41) is 3.37. The van der Waals surface area contributed by atoms with Gasteiger partial charge in [0.1, 0.15) is 5.82 Å². The van der Waals surface area contributed by atoms with E-state index in [4.69, 9.17) is 0 Å². The van der Waals surface area contributed by atoms with Crippen LogP contribution in [0.1, 0.15) is 24.8 Å². The van der Waals surface area contributed by atoms with E-state index in [9.17, 15) is 4.39 Å². The molecule has 1 heterocycles. The Morgan fingerprint density at radius 3 is 2.86 bits per heavy atom. The smallest absolute Gasteiger partial charge is 0.137 e. The first-order valence-electron chi connectivity index (χ1n) is 4.85. The molecular weight excluding hydrogens is 245 g/mol. The van der Waals surface area contributed by atoms with Crippen LogP contribution in [0.5, 0.6) is 0 Å². The lowest BCUT2D eigenvalue weighted by atomic mass is 9.97. The second kappa shape index (κ2) is 3.99. The maximum Gasteiger partial charge on any atom is 0.137 e. The largest absolute Gasteiger partial charge is 0.314 e. The molecule has 14 heavy (non-hydrogen) atoms. The van der Waals surface area contributed by atoms with Crippen molar-refractivity contribution in [2.24, 2.45) is 0 Å². The van der Waals surface area contributed by atoms with Gasteiger partial charge in [-0.05, 0) is 52.9 Å². The van der Waals surface area contributed by atoms with Crippen molar-refractivity contribution >= 4 is 15.9 Å². The SMILES string of the molecule is CC1CC(c2ccc(Br)c(F)c2)CN1. The van der Waals surface area contributed by atoms with Gasteiger partial charge >= 0.3 is 0 Å². The Balaban J connectivity index is 2.20. The van der Waals surface area contributed by atoms with Gasteiger partial charge in [-0.2, -0.15) is 0 Å². The van der Waals surface area contributed by atoms with Crippen molar-refractivity contribution in [1.82, 2.24) is 5.32 Å². The summed E-state index contributed by atoms with van der Waals surface area (Å²) in [4.78, 5) is 0. The molecule has 1 aliphatic rings. The monoisotopic (exact) mass is 257 g/mol. The number of benzene rings is 1. The highest BCUT2D eigenvalue weighted by molar-refractivity contribution is 9.10. The first-order valence-corrected chi connectivity index (χ1v) is 5.64. The van der Waals surface area contributed by atoms with Gasteiger partial charge in [-0.1, -0.05) is 6.07 Å². The molecule has 0 radical (unpaired) electrons. The number of rotatable bonds is 1. The van der Waals surface area contributed by atoms with Crippen LogP contribution in [0.15, 0.2) is 22.7 Å². The third-order valence-corrected chi connectivity index (χ3v) is 3.41. The van der Waals surface area contributed by atoms with Crippen LogP contribution in [0.2, 0.25) is 0 Å². The highest BCUT2D eigenvalue weighted by Gasteiger charge is 2.22. The molecular formula is C11H13BrFN. The second-order valence-electron chi connectivity index (χ2n) is 3.92. The standard InChI is InChI=1S/C11H13BrFN/c1-7-4-9(6-14-7)8-2-3-10(12)11(13)5-8/h2-3,5,7,9,14H,4,6H2,1H3. The Bertz CT molecular complexity index is 340. The third kappa shape index (κ3) is 1.98. The van der Waals surface area contributed by atoms with Gasteiger partial charge in [0.25, 0.3) is 0 Å². The molecule has 0 amide bonds. The van der Waals surface area contributed by atoms with Crippen LogP contribution in [0.4, 0.5) is 4.39 Å². The molecule has 0 saturated carbocycles. The summed E-state index contributed by atoms with van der Waals surface area (Å²) in [6, 6.07) is 5.96. The predicted octanol–water partition coefficient (Wildman–Crippen LogP) is 3.05. The van der Waals surface area contributed by atoms with Crippen LogP contribution in [0.25, 0.3) is 0 Å². The fourth-order valence-corrected chi connectivity index (χ4v) is 2.20. The molecule has 2 unspecified atom stereocenters. The molecule has 0 bridgehead atoms. The lowest BCUT2D eigenvalue weighted by Crippen LogP contribution is -2.16. The van der Waals surface area contributed by atoms with E-state index in [1.807, 2.05) is 6.07 Å². The van der Waals surface area contributed by atoms with Crippen LogP contribution in [0, 0.1) is 5.82 Å². The van der Waals surface area contributed by atoms with E-state index < -0.39 is 0 Å². The second-order valence-corrected chi connectivity index (χ2v) is 4.77. The Labute approximate surface area is 91.8 Å². The molecule has 1 aromatic carbocycles. The minimum Gasteiger partial charge on any atom is -0.314 e. The molecule has 1 aliphatic heterocycles. The van der Waals surface area contributed by atoms with Crippen LogP contribution in [-0.2, 0) is 0 Å². The summed E-state index contributed by atoms with van der Waals surface area (Å²) in [6.45, 7) is 3.12. The molecule has 0 aromatic heterocycles. The predicted molar refractivity (Wildman–Crippen MR) is 58.9 cm³/mol. The number of hydrogen-bond donors (Lipinski definition) is 1. The number of nitrogens with one attached hydrogen (secondary N) is 1. The van der Waals surface area contributed by atoms with Crippen molar-refractivity contribution in [1.29, 1.82) is 0 Å². The lowest BCUT2D eigenvalue weighted by Gasteiger charge is -2.09. The zero-order valence-corrected chi connectivity index (χ0v) is 9.64. The molecule has 0 spiro atoms. The van der Waals surface area contributed by atoms with E-state index in [1.54, 1.807) is 12.1 Å². The Kier molecular flexibility index (Phi) is 2.88. The zero-order valence-electron chi connectivity index (χ0n) is 8.06. The van der Waals surface area contributed by atoms with Crippen molar-refractivity contribution in [2.75, 3.05) is 6.54 Å². The molecule has 1 aromatic rings. The van der Waals surface area contributed by atoms with Gasteiger partial charge < -0.3 is 5.32 Å². The average molecular weight is 258 g/mol. The van der Waals surface area contributed by atoms with Gasteiger partial charge in [-0.3, -0.25) is 0 Å². The van der Waals surface area contributed by atoms with Crippen LogP contribution < -0.4 is 5.32 Å². The first-order chi connectivity index (χ1) is 6.66. The van der Waals surface area contributed by atoms with Crippen molar-refractivity contribution in [3.8, 4) is 0 Å². The molecule has 0 aliphatic carbocycles. The summed E-state index contributed by atoms with van der Waals surface area (Å²) in [6.07, 6.45) is 1.10. The third-order valence-electron chi connectivity index (χ3n) is 2.77. The van der Waals surface area contributed by atoms with E-state index in [2.05, 4.69) is 28.2 Å². The minimum atomic E-state index is -0.165. The zero-order chi connectivity index (χ0) is 10.1. The molecule has 1 nitrogen and oxygen atoms in total. The highest BCUT2D eigenvalue weighted by atomic mass is 79.9. The summed E-state index contributed by atoms with van der Waals surface area (Å²) in [5.74, 6) is 0.301. The van der Waals surface area contributed by atoms with Gasteiger partial charge in [0.15, 0.2) is 0 Å². The number of hydrogen-bond acceptors (Lipinski definition) is 1. The van der Waals surface area contributed by atoms with Gasteiger partial charge in [0.05, 0.1) is 4.47 Å². The van der Waals surface area contributed by atoms with Gasteiger partial charge in [-0.25, -0.2) is 4.39 Å². The van der Waals surface area contributed by atoms with Crippen molar-refractivity contribution in [3.05, 3.63) is 34.1 Å². The first kappa shape index (κ1) is 10.1. The summed E-state index contributed by atoms with van der Waals surface area (Å²) < 4.78 is 13.8. The highest BCUT2D eigenvalue weighted by Crippen LogP contribution is 2.27. The molecule has 3 heteroatoms. The topological polar surface area (TPSA) is 12.0 Å². The molecule has 1 fully saturated rings. The van der Waals surface area contributed by atoms with E-state index in [-0.39, 0.29) is 5.82 Å². The summed E-state index contributed by atoms with van der Waals surface area (Å²) in [5.41, 5.74) is 1.10. The molecule has 1 N–H and O–H groups in total. The van der Waals surface area contributed by atoms with E-state index >= 15 is 0 Å². The fraction of sp³-hybridized carbons (Fsp3) is 0.455. The van der Waals surface area contributed by atoms with Crippen LogP contribution in [0.3, 0.4) is 0 Å². The molecule has 1 saturated heterocycles. The van der Waals surface area contributed by atoms with Crippen molar-refractivity contribution in [3.63, 3.8) is 0 Å². The quantitative estimate of drug-likeness (QED) is 0.816. The fourth-order valence-electron chi connectivity index (χ4n) is 1.96. The molecule has 2 rings (SSSR count). The molecule has 2 atom stereocenters. The van der Waals surface area contributed by atoms with Crippen LogP contribution >= 0.6 is 15.9 Å². The molecule has 76 valence electrons. The summed E-state index contributed by atoms with van der Waals surface area (Å²) in [7, 11) is 0. The average Bonchev–Trinajstić information content (AvgIpc) is 2.57. The van der Waals surface area contributed by atoms with E-state index in [0.29, 0.717) is 16.4 Å². The van der Waals surface area contributed by atoms with Gasteiger partial charge in [-0.15, -0.1) is 0 Å². The van der Waals surface area contributed by atoms with Gasteiger partial charge in [0, 0.05) is 12.6 Å².